The number of piperazine rings is 1. The average molecular weight is 357 g/mol. The van der Waals surface area contributed by atoms with Gasteiger partial charge in [0, 0.05) is 19.6 Å². The summed E-state index contributed by atoms with van der Waals surface area (Å²) in [6, 6.07) is 5.07. The van der Waals surface area contributed by atoms with Gasteiger partial charge in [0.25, 0.3) is 5.91 Å². The van der Waals surface area contributed by atoms with Crippen LogP contribution in [0, 0.1) is 0 Å². The summed E-state index contributed by atoms with van der Waals surface area (Å²) in [4.78, 5) is 11.8. The SMILES string of the molecule is CC(C)(C)Oc1ccc(S(=O)(=O)N2CCNC[C@@H]2C(=O)NO)cc1. The Morgan fingerprint density at radius 1 is 1.33 bits per heavy atom. The number of rotatable bonds is 4. The van der Waals surface area contributed by atoms with E-state index in [1.807, 2.05) is 20.8 Å². The van der Waals surface area contributed by atoms with Crippen LogP contribution in [-0.2, 0) is 14.8 Å². The first-order valence-corrected chi connectivity index (χ1v) is 9.05. The predicted molar refractivity (Wildman–Crippen MR) is 87.3 cm³/mol. The molecular weight excluding hydrogens is 334 g/mol. The molecule has 0 radical (unpaired) electrons. The topological polar surface area (TPSA) is 108 Å². The molecule has 2 rings (SSSR count). The standard InChI is InChI=1S/C15H23N3O5S/c1-15(2,3)23-11-4-6-12(7-5-11)24(21,22)18-9-8-16-10-13(18)14(19)17-20/h4-7,13,16,20H,8-10H2,1-3H3,(H,17,19)/t13-/m1/s1. The van der Waals surface area contributed by atoms with E-state index in [-0.39, 0.29) is 23.6 Å². The van der Waals surface area contributed by atoms with Crippen LogP contribution in [0.5, 0.6) is 5.75 Å². The molecular formula is C15H23N3O5S. The number of hydroxylamine groups is 1. The Hall–Kier alpha value is -1.68. The van der Waals surface area contributed by atoms with Crippen LogP contribution in [0.4, 0.5) is 0 Å². The Morgan fingerprint density at radius 3 is 2.50 bits per heavy atom. The highest BCUT2D eigenvalue weighted by Crippen LogP contribution is 2.24. The van der Waals surface area contributed by atoms with Crippen molar-refractivity contribution in [3.8, 4) is 5.75 Å². The molecule has 1 atom stereocenters. The van der Waals surface area contributed by atoms with Gasteiger partial charge in [-0.3, -0.25) is 10.0 Å². The van der Waals surface area contributed by atoms with Gasteiger partial charge in [-0.15, -0.1) is 0 Å². The molecule has 1 aromatic carbocycles. The molecule has 0 bridgehead atoms. The molecule has 0 aliphatic carbocycles. The Bertz CT molecular complexity index is 682. The van der Waals surface area contributed by atoms with Crippen molar-refractivity contribution >= 4 is 15.9 Å². The quantitative estimate of drug-likeness (QED) is 0.529. The van der Waals surface area contributed by atoms with Crippen LogP contribution >= 0.6 is 0 Å². The molecule has 134 valence electrons. The summed E-state index contributed by atoms with van der Waals surface area (Å²) in [5, 5.41) is 11.8. The number of benzene rings is 1. The third-order valence-electron chi connectivity index (χ3n) is 3.46. The summed E-state index contributed by atoms with van der Waals surface area (Å²) in [5.41, 5.74) is 1.13. The molecule has 0 spiro atoms. The number of carbonyl (C=O) groups is 1. The summed E-state index contributed by atoms with van der Waals surface area (Å²) in [7, 11) is -3.86. The van der Waals surface area contributed by atoms with E-state index in [4.69, 9.17) is 9.94 Å². The molecule has 1 heterocycles. The van der Waals surface area contributed by atoms with Gasteiger partial charge in [-0.25, -0.2) is 13.9 Å². The summed E-state index contributed by atoms with van der Waals surface area (Å²) in [6.45, 7) is 6.40. The number of hydrogen-bond acceptors (Lipinski definition) is 6. The van der Waals surface area contributed by atoms with E-state index in [2.05, 4.69) is 5.32 Å². The maximum atomic E-state index is 12.8. The van der Waals surface area contributed by atoms with Crippen molar-refractivity contribution in [2.75, 3.05) is 19.6 Å². The van der Waals surface area contributed by atoms with Crippen LogP contribution < -0.4 is 15.5 Å². The average Bonchev–Trinajstić information content (AvgIpc) is 2.53. The maximum absolute atomic E-state index is 12.8. The highest BCUT2D eigenvalue weighted by molar-refractivity contribution is 7.89. The third kappa shape index (κ3) is 4.23. The molecule has 1 aliphatic heterocycles. The second-order valence-corrected chi connectivity index (χ2v) is 8.39. The number of nitrogens with zero attached hydrogens (tertiary/aromatic N) is 1. The fourth-order valence-corrected chi connectivity index (χ4v) is 4.03. The van der Waals surface area contributed by atoms with Crippen LogP contribution in [0.15, 0.2) is 29.2 Å². The van der Waals surface area contributed by atoms with E-state index in [1.165, 1.54) is 17.6 Å². The van der Waals surface area contributed by atoms with E-state index >= 15 is 0 Å². The van der Waals surface area contributed by atoms with E-state index in [0.29, 0.717) is 12.3 Å². The van der Waals surface area contributed by atoms with Gasteiger partial charge in [0.05, 0.1) is 4.90 Å². The summed E-state index contributed by atoms with van der Waals surface area (Å²) < 4.78 is 32.4. The molecule has 1 amide bonds. The maximum Gasteiger partial charge on any atom is 0.263 e. The molecule has 1 saturated heterocycles. The minimum absolute atomic E-state index is 0.0707. The van der Waals surface area contributed by atoms with Crippen molar-refractivity contribution in [2.45, 2.75) is 37.3 Å². The molecule has 1 fully saturated rings. The van der Waals surface area contributed by atoms with E-state index < -0.39 is 22.0 Å². The van der Waals surface area contributed by atoms with E-state index in [9.17, 15) is 13.2 Å². The lowest BCUT2D eigenvalue weighted by Gasteiger charge is -2.33. The lowest BCUT2D eigenvalue weighted by atomic mass is 10.2. The zero-order chi connectivity index (χ0) is 18.0. The van der Waals surface area contributed by atoms with Crippen LogP contribution in [0.1, 0.15) is 20.8 Å². The normalized spacial score (nSPS) is 19.8. The number of carbonyl (C=O) groups excluding carboxylic acids is 1. The van der Waals surface area contributed by atoms with Gasteiger partial charge in [-0.05, 0) is 45.0 Å². The van der Waals surface area contributed by atoms with Crippen molar-refractivity contribution < 1.29 is 23.2 Å². The van der Waals surface area contributed by atoms with Gasteiger partial charge in [-0.2, -0.15) is 4.31 Å². The number of sulfonamides is 1. The molecule has 0 saturated carbocycles. The smallest absolute Gasteiger partial charge is 0.263 e. The minimum Gasteiger partial charge on any atom is -0.488 e. The van der Waals surface area contributed by atoms with Crippen LogP contribution in [0.25, 0.3) is 0 Å². The predicted octanol–water partition coefficient (Wildman–Crippen LogP) is 0.332. The summed E-state index contributed by atoms with van der Waals surface area (Å²) in [6.07, 6.45) is 0. The van der Waals surface area contributed by atoms with Crippen molar-refractivity contribution in [2.24, 2.45) is 0 Å². The number of ether oxygens (including phenoxy) is 1. The fourth-order valence-electron chi connectivity index (χ4n) is 2.44. The van der Waals surface area contributed by atoms with Gasteiger partial charge >= 0.3 is 0 Å². The van der Waals surface area contributed by atoms with Crippen LogP contribution in [-0.4, -0.2) is 55.1 Å². The molecule has 1 aromatic rings. The Kier molecular flexibility index (Phi) is 5.49. The Labute approximate surface area is 141 Å². The molecule has 0 aromatic heterocycles. The van der Waals surface area contributed by atoms with Gasteiger partial charge in [0.2, 0.25) is 10.0 Å². The molecule has 24 heavy (non-hydrogen) atoms. The highest BCUT2D eigenvalue weighted by atomic mass is 32.2. The van der Waals surface area contributed by atoms with Crippen molar-refractivity contribution in [1.29, 1.82) is 0 Å². The Morgan fingerprint density at radius 2 is 1.96 bits per heavy atom. The van der Waals surface area contributed by atoms with Crippen LogP contribution in [0.2, 0.25) is 0 Å². The number of nitrogens with one attached hydrogen (secondary N) is 2. The number of hydrogen-bond donors (Lipinski definition) is 3. The summed E-state index contributed by atoms with van der Waals surface area (Å²) in [5.74, 6) is -0.204. The zero-order valence-electron chi connectivity index (χ0n) is 13.9. The van der Waals surface area contributed by atoms with Gasteiger partial charge in [0.15, 0.2) is 0 Å². The van der Waals surface area contributed by atoms with Crippen molar-refractivity contribution in [1.82, 2.24) is 15.1 Å². The first-order chi connectivity index (χ1) is 11.1. The molecule has 3 N–H and O–H groups in total. The molecule has 1 aliphatic rings. The largest absolute Gasteiger partial charge is 0.488 e. The zero-order valence-corrected chi connectivity index (χ0v) is 14.8. The van der Waals surface area contributed by atoms with E-state index in [1.54, 1.807) is 12.1 Å². The van der Waals surface area contributed by atoms with Gasteiger partial charge < -0.3 is 10.1 Å². The second-order valence-electron chi connectivity index (χ2n) is 6.50. The fraction of sp³-hybridized carbons (Fsp3) is 0.533. The van der Waals surface area contributed by atoms with Gasteiger partial charge in [-0.1, -0.05) is 0 Å². The Balaban J connectivity index is 2.26. The van der Waals surface area contributed by atoms with Crippen LogP contribution in [0.3, 0.4) is 0 Å². The van der Waals surface area contributed by atoms with Gasteiger partial charge in [0.1, 0.15) is 17.4 Å². The third-order valence-corrected chi connectivity index (χ3v) is 5.38. The number of amides is 1. The molecule has 9 heteroatoms. The minimum atomic E-state index is -3.86. The lowest BCUT2D eigenvalue weighted by Crippen LogP contribution is -2.59. The van der Waals surface area contributed by atoms with Crippen molar-refractivity contribution in [3.63, 3.8) is 0 Å². The highest BCUT2D eigenvalue weighted by Gasteiger charge is 2.37. The lowest BCUT2D eigenvalue weighted by molar-refractivity contribution is -0.133. The molecule has 8 nitrogen and oxygen atoms in total. The van der Waals surface area contributed by atoms with E-state index in [0.717, 1.165) is 4.31 Å². The first-order valence-electron chi connectivity index (χ1n) is 7.61. The monoisotopic (exact) mass is 357 g/mol. The summed E-state index contributed by atoms with van der Waals surface area (Å²) >= 11 is 0. The van der Waals surface area contributed by atoms with Crippen molar-refractivity contribution in [3.05, 3.63) is 24.3 Å². The molecule has 0 unspecified atom stereocenters. The second kappa shape index (κ2) is 7.06. The first kappa shape index (κ1) is 18.7.